The van der Waals surface area contributed by atoms with E-state index in [1.165, 1.54) is 11.1 Å². The zero-order valence-corrected chi connectivity index (χ0v) is 20.0. The molecular formula is C22H24F2N6O5S. The number of aromatic nitrogens is 3. The molecule has 3 aromatic rings. The van der Waals surface area contributed by atoms with Gasteiger partial charge < -0.3 is 15.3 Å². The molecule has 14 heteroatoms. The number of H-pyrrole nitrogens is 1. The first-order chi connectivity index (χ1) is 17.1. The van der Waals surface area contributed by atoms with Gasteiger partial charge in [-0.1, -0.05) is 6.92 Å². The highest BCUT2D eigenvalue weighted by atomic mass is 32.2. The number of carboxylic acid groups (broad SMARTS) is 1. The third kappa shape index (κ3) is 5.22. The van der Waals surface area contributed by atoms with Crippen LogP contribution in [-0.2, 0) is 10.0 Å². The second-order valence-electron chi connectivity index (χ2n) is 8.44. The Morgan fingerprint density at radius 2 is 1.97 bits per heavy atom. The average Bonchev–Trinajstić information content (AvgIpc) is 3.24. The Bertz CT molecular complexity index is 1420. The van der Waals surface area contributed by atoms with Crippen molar-refractivity contribution in [3.63, 3.8) is 0 Å². The Hall–Kier alpha value is -3.81. The number of fused-ring (bicyclic) bond motifs is 1. The molecule has 192 valence electrons. The van der Waals surface area contributed by atoms with Crippen molar-refractivity contribution in [2.24, 2.45) is 0 Å². The third-order valence-electron chi connectivity index (χ3n) is 5.93. The average molecular weight is 523 g/mol. The Kier molecular flexibility index (Phi) is 7.06. The van der Waals surface area contributed by atoms with Crippen LogP contribution in [0.15, 0.2) is 24.4 Å². The molecule has 1 fully saturated rings. The van der Waals surface area contributed by atoms with Gasteiger partial charge in [0.1, 0.15) is 11.4 Å². The number of carbonyl (C=O) groups is 2. The number of likely N-dealkylation sites (tertiary alicyclic amines) is 1. The Labute approximate surface area is 204 Å². The standard InChI is InChI=1S/C22H24F2N6O5S/c1-2-9-36(34,35)29-16-4-3-15(23)17(18(16)24)21(31)26-13-10-14-19(27-28-20(14)25-11-13)12-5-7-30(8-6-12)22(32)33/h3-4,10-12,29H,2,5-9H2,1H3,(H,26,31)(H,32,33)(H,25,27,28). The van der Waals surface area contributed by atoms with Crippen LogP contribution in [0.2, 0.25) is 0 Å². The number of anilines is 2. The number of rotatable bonds is 7. The van der Waals surface area contributed by atoms with Crippen molar-refractivity contribution in [2.75, 3.05) is 28.9 Å². The van der Waals surface area contributed by atoms with E-state index in [4.69, 9.17) is 5.11 Å². The van der Waals surface area contributed by atoms with E-state index in [1.807, 2.05) is 4.72 Å². The summed E-state index contributed by atoms with van der Waals surface area (Å²) in [6.07, 6.45) is 1.72. The van der Waals surface area contributed by atoms with Crippen molar-refractivity contribution in [1.82, 2.24) is 20.1 Å². The molecule has 0 atom stereocenters. The highest BCUT2D eigenvalue weighted by molar-refractivity contribution is 7.92. The maximum Gasteiger partial charge on any atom is 0.407 e. The van der Waals surface area contributed by atoms with Gasteiger partial charge in [0, 0.05) is 30.1 Å². The molecule has 0 spiro atoms. The first-order valence-electron chi connectivity index (χ1n) is 11.2. The van der Waals surface area contributed by atoms with Gasteiger partial charge >= 0.3 is 6.09 Å². The van der Waals surface area contributed by atoms with Crippen LogP contribution in [0, 0.1) is 11.6 Å². The number of piperidine rings is 1. The van der Waals surface area contributed by atoms with Crippen LogP contribution in [0.5, 0.6) is 0 Å². The van der Waals surface area contributed by atoms with Gasteiger partial charge in [-0.15, -0.1) is 0 Å². The number of amides is 2. The van der Waals surface area contributed by atoms with Crippen LogP contribution in [0.25, 0.3) is 11.0 Å². The van der Waals surface area contributed by atoms with E-state index in [2.05, 4.69) is 20.5 Å². The molecule has 0 unspecified atom stereocenters. The van der Waals surface area contributed by atoms with Gasteiger partial charge in [-0.3, -0.25) is 14.6 Å². The van der Waals surface area contributed by atoms with E-state index in [0.29, 0.717) is 37.0 Å². The van der Waals surface area contributed by atoms with E-state index in [0.717, 1.165) is 17.8 Å². The lowest BCUT2D eigenvalue weighted by atomic mass is 9.92. The quantitative estimate of drug-likeness (QED) is 0.370. The van der Waals surface area contributed by atoms with Gasteiger partial charge in [0.05, 0.1) is 23.3 Å². The van der Waals surface area contributed by atoms with Gasteiger partial charge in [0.25, 0.3) is 5.91 Å². The molecule has 3 heterocycles. The summed E-state index contributed by atoms with van der Waals surface area (Å²) in [5.41, 5.74) is -0.237. The zero-order chi connectivity index (χ0) is 26.0. The summed E-state index contributed by atoms with van der Waals surface area (Å²) >= 11 is 0. The highest BCUT2D eigenvalue weighted by Gasteiger charge is 2.27. The van der Waals surface area contributed by atoms with Crippen LogP contribution >= 0.6 is 0 Å². The van der Waals surface area contributed by atoms with Gasteiger partial charge in [-0.25, -0.2) is 27.0 Å². The molecule has 1 aliphatic heterocycles. The SMILES string of the molecule is CCCS(=O)(=O)Nc1ccc(F)c(C(=O)Nc2cnc3n[nH]c(C4CCN(C(=O)O)CC4)c3c2)c1F. The number of nitrogens with one attached hydrogen (secondary N) is 3. The molecule has 0 aliphatic carbocycles. The van der Waals surface area contributed by atoms with Gasteiger partial charge in [-0.05, 0) is 37.5 Å². The summed E-state index contributed by atoms with van der Waals surface area (Å²) in [7, 11) is -3.86. The Balaban J connectivity index is 1.57. The van der Waals surface area contributed by atoms with E-state index in [1.54, 1.807) is 13.0 Å². The molecule has 11 nitrogen and oxygen atoms in total. The van der Waals surface area contributed by atoms with Gasteiger partial charge in [0.2, 0.25) is 10.0 Å². The fourth-order valence-corrected chi connectivity index (χ4v) is 5.31. The lowest BCUT2D eigenvalue weighted by Gasteiger charge is -2.29. The molecule has 0 bridgehead atoms. The molecule has 1 aliphatic rings. The lowest BCUT2D eigenvalue weighted by Crippen LogP contribution is -2.36. The van der Waals surface area contributed by atoms with Crippen molar-refractivity contribution in [2.45, 2.75) is 32.1 Å². The maximum atomic E-state index is 15.0. The van der Waals surface area contributed by atoms with Crippen molar-refractivity contribution in [3.8, 4) is 0 Å². The minimum absolute atomic E-state index is 0.0129. The van der Waals surface area contributed by atoms with Crippen molar-refractivity contribution < 1.29 is 31.9 Å². The number of benzene rings is 1. The summed E-state index contributed by atoms with van der Waals surface area (Å²) in [6, 6.07) is 3.28. The second kappa shape index (κ2) is 10.0. The number of halogens is 2. The van der Waals surface area contributed by atoms with Crippen LogP contribution in [-0.4, -0.2) is 64.4 Å². The minimum Gasteiger partial charge on any atom is -0.465 e. The van der Waals surface area contributed by atoms with E-state index < -0.39 is 44.9 Å². The number of sulfonamides is 1. The van der Waals surface area contributed by atoms with Gasteiger partial charge in [-0.2, -0.15) is 5.10 Å². The first kappa shape index (κ1) is 25.3. The summed E-state index contributed by atoms with van der Waals surface area (Å²) in [5.74, 6) is -3.90. The lowest BCUT2D eigenvalue weighted by molar-refractivity contribution is 0.101. The second-order valence-corrected chi connectivity index (χ2v) is 10.3. The molecule has 1 saturated heterocycles. The van der Waals surface area contributed by atoms with Crippen LogP contribution in [0.4, 0.5) is 25.0 Å². The predicted molar refractivity (Wildman–Crippen MR) is 127 cm³/mol. The smallest absolute Gasteiger partial charge is 0.407 e. The van der Waals surface area contributed by atoms with E-state index >= 15 is 0 Å². The normalized spacial score (nSPS) is 14.7. The van der Waals surface area contributed by atoms with E-state index in [-0.39, 0.29) is 23.8 Å². The van der Waals surface area contributed by atoms with Crippen molar-refractivity contribution >= 4 is 44.4 Å². The molecule has 2 amide bonds. The first-order valence-corrected chi connectivity index (χ1v) is 12.9. The Morgan fingerprint density at radius 1 is 1.25 bits per heavy atom. The largest absolute Gasteiger partial charge is 0.465 e. The van der Waals surface area contributed by atoms with Crippen LogP contribution in [0.3, 0.4) is 0 Å². The third-order valence-corrected chi connectivity index (χ3v) is 7.40. The number of nitrogens with zero attached hydrogens (tertiary/aromatic N) is 3. The van der Waals surface area contributed by atoms with Crippen LogP contribution in [0.1, 0.15) is 48.2 Å². The van der Waals surface area contributed by atoms with Gasteiger partial charge in [0.15, 0.2) is 11.5 Å². The number of aromatic amines is 1. The van der Waals surface area contributed by atoms with Crippen molar-refractivity contribution in [1.29, 1.82) is 0 Å². The van der Waals surface area contributed by atoms with Crippen molar-refractivity contribution in [3.05, 3.63) is 47.3 Å². The maximum absolute atomic E-state index is 15.0. The summed E-state index contributed by atoms with van der Waals surface area (Å²) in [4.78, 5) is 29.4. The molecule has 4 rings (SSSR count). The highest BCUT2D eigenvalue weighted by Crippen LogP contribution is 2.32. The minimum atomic E-state index is -3.86. The molecule has 1 aromatic carbocycles. The molecular weight excluding hydrogens is 498 g/mol. The van der Waals surface area contributed by atoms with Crippen LogP contribution < -0.4 is 10.0 Å². The summed E-state index contributed by atoms with van der Waals surface area (Å²) < 4.78 is 55.4. The summed E-state index contributed by atoms with van der Waals surface area (Å²) in [5, 5.41) is 19.2. The number of carbonyl (C=O) groups excluding carboxylic acids is 1. The predicted octanol–water partition coefficient (Wildman–Crippen LogP) is 3.50. The number of hydrogen-bond acceptors (Lipinski definition) is 6. The monoisotopic (exact) mass is 522 g/mol. The fraction of sp³-hybridized carbons (Fsp3) is 0.364. The summed E-state index contributed by atoms with van der Waals surface area (Å²) in [6.45, 7) is 2.36. The topological polar surface area (TPSA) is 157 Å². The fourth-order valence-electron chi connectivity index (χ4n) is 4.18. The molecule has 2 aromatic heterocycles. The zero-order valence-electron chi connectivity index (χ0n) is 19.2. The molecule has 36 heavy (non-hydrogen) atoms. The molecule has 4 N–H and O–H groups in total. The molecule has 0 saturated carbocycles. The number of pyridine rings is 1. The van der Waals surface area contributed by atoms with E-state index in [9.17, 15) is 26.8 Å². The number of hydrogen-bond donors (Lipinski definition) is 4. The Morgan fingerprint density at radius 3 is 2.64 bits per heavy atom. The molecule has 0 radical (unpaired) electrons.